The minimum atomic E-state index is -0.301. The zero-order valence-corrected chi connectivity index (χ0v) is 30.5. The number of imide groups is 1. The monoisotopic (exact) mass is 743 g/mol. The quantitative estimate of drug-likeness (QED) is 0.340. The minimum absolute atomic E-state index is 0.115. The van der Waals surface area contributed by atoms with Crippen LogP contribution in [0, 0.1) is 5.41 Å². The van der Waals surface area contributed by atoms with Crippen molar-refractivity contribution < 1.29 is 14.4 Å². The summed E-state index contributed by atoms with van der Waals surface area (Å²) < 4.78 is 1.81. The molecule has 1 spiro atoms. The second kappa shape index (κ2) is 14.4. The first kappa shape index (κ1) is 34.5. The molecule has 1 aromatic carbocycles. The summed E-state index contributed by atoms with van der Waals surface area (Å²) in [5, 5.41) is 10.1. The zero-order valence-electron chi connectivity index (χ0n) is 28.9. The molecule has 2 aromatic heterocycles. The van der Waals surface area contributed by atoms with Crippen molar-refractivity contribution in [2.45, 2.75) is 81.6 Å². The Bertz CT molecular complexity index is 1790. The van der Waals surface area contributed by atoms with Crippen LogP contribution in [0.4, 0.5) is 5.69 Å². The highest BCUT2D eigenvalue weighted by Gasteiger charge is 2.40. The molecule has 3 aliphatic heterocycles. The van der Waals surface area contributed by atoms with Gasteiger partial charge in [-0.05, 0) is 115 Å². The number of amides is 3. The number of rotatable bonds is 6. The van der Waals surface area contributed by atoms with Crippen LogP contribution < -0.4 is 16.2 Å². The number of benzene rings is 1. The van der Waals surface area contributed by atoms with Gasteiger partial charge in [0, 0.05) is 69.1 Å². The second-order valence-corrected chi connectivity index (χ2v) is 15.8. The Balaban J connectivity index is 0.901. The number of hydrogen-bond donors (Lipinski definition) is 2. The molecule has 1 aliphatic carbocycles. The Morgan fingerprint density at radius 1 is 0.900 bits per heavy atom. The van der Waals surface area contributed by atoms with Crippen molar-refractivity contribution >= 4 is 39.3 Å². The molecule has 3 saturated heterocycles. The molecule has 3 atom stereocenters. The van der Waals surface area contributed by atoms with Crippen LogP contribution in [0.25, 0.3) is 0 Å². The lowest BCUT2D eigenvalue weighted by Crippen LogP contribution is -2.44. The Morgan fingerprint density at radius 3 is 2.30 bits per heavy atom. The molecule has 4 aliphatic rings. The van der Waals surface area contributed by atoms with Gasteiger partial charge in [-0.25, -0.2) is 4.68 Å². The third-order valence-corrected chi connectivity index (χ3v) is 12.5. The third kappa shape index (κ3) is 7.28. The number of hydrogen-bond acceptors (Lipinski definition) is 8. The molecule has 12 heteroatoms. The number of aryl methyl sites for hydroxylation is 1. The Kier molecular flexibility index (Phi) is 9.93. The van der Waals surface area contributed by atoms with E-state index < -0.39 is 0 Å². The number of likely N-dealkylation sites (tertiary alicyclic amines) is 2. The highest BCUT2D eigenvalue weighted by molar-refractivity contribution is 9.10. The predicted octanol–water partition coefficient (Wildman–Crippen LogP) is 4.94. The number of piperidine rings is 3. The highest BCUT2D eigenvalue weighted by atomic mass is 79.9. The van der Waals surface area contributed by atoms with Crippen LogP contribution in [0.1, 0.15) is 103 Å². The molecule has 2 N–H and O–H groups in total. The molecule has 0 radical (unpaired) electrons. The maximum Gasteiger partial charge on any atom is 0.282 e. The maximum atomic E-state index is 13.6. The lowest BCUT2D eigenvalue weighted by molar-refractivity contribution is -0.134. The summed E-state index contributed by atoms with van der Waals surface area (Å²) in [6.45, 7) is 3.37. The van der Waals surface area contributed by atoms with Gasteiger partial charge in [0.15, 0.2) is 0 Å². The molecular formula is C38H46BrN7O4. The van der Waals surface area contributed by atoms with Crippen molar-refractivity contribution in [1.29, 1.82) is 0 Å². The molecule has 3 amide bonds. The number of anilines is 1. The zero-order chi connectivity index (χ0) is 35.0. The van der Waals surface area contributed by atoms with Crippen molar-refractivity contribution in [2.24, 2.45) is 12.5 Å². The number of likely N-dealkylation sites (N-methyl/N-ethyl adjacent to an activating group) is 1. The van der Waals surface area contributed by atoms with Gasteiger partial charge in [-0.3, -0.25) is 29.5 Å². The SMILES string of the molecule is CN1C[C@H](Nc2cnn(C)c(=O)c2Br)C[C@H](c2ccc(C(=O)N3CCC4(CCC(c5ccc(C6CCC(=O)NC6=O)cn5)CC4)CC3)cc2)C1. The Hall–Kier alpha value is -3.90. The third-order valence-electron chi connectivity index (χ3n) is 11.7. The van der Waals surface area contributed by atoms with Gasteiger partial charge in [0.25, 0.3) is 11.5 Å². The van der Waals surface area contributed by atoms with E-state index in [9.17, 15) is 19.2 Å². The molecule has 1 saturated carbocycles. The van der Waals surface area contributed by atoms with Gasteiger partial charge in [-0.2, -0.15) is 5.10 Å². The number of nitrogens with zero attached hydrogens (tertiary/aromatic N) is 5. The normalized spacial score (nSPS) is 24.6. The lowest BCUT2D eigenvalue weighted by Gasteiger charge is -2.46. The van der Waals surface area contributed by atoms with Crippen molar-refractivity contribution in [1.82, 2.24) is 29.9 Å². The average Bonchev–Trinajstić information content (AvgIpc) is 3.12. The van der Waals surface area contributed by atoms with E-state index in [1.807, 2.05) is 29.3 Å². The molecule has 0 bridgehead atoms. The largest absolute Gasteiger partial charge is 0.379 e. The first-order chi connectivity index (χ1) is 24.1. The van der Waals surface area contributed by atoms with E-state index in [-0.39, 0.29) is 35.2 Å². The van der Waals surface area contributed by atoms with Gasteiger partial charge in [-0.15, -0.1) is 0 Å². The summed E-state index contributed by atoms with van der Waals surface area (Å²) in [4.78, 5) is 58.8. The predicted molar refractivity (Wildman–Crippen MR) is 194 cm³/mol. The maximum absolute atomic E-state index is 13.6. The highest BCUT2D eigenvalue weighted by Crippen LogP contribution is 2.49. The van der Waals surface area contributed by atoms with E-state index >= 15 is 0 Å². The van der Waals surface area contributed by atoms with E-state index in [2.05, 4.69) is 61.8 Å². The van der Waals surface area contributed by atoms with Gasteiger partial charge in [0.1, 0.15) is 4.47 Å². The number of aromatic nitrogens is 3. The number of carbonyl (C=O) groups is 3. The van der Waals surface area contributed by atoms with Crippen molar-refractivity contribution in [3.8, 4) is 0 Å². The van der Waals surface area contributed by atoms with Crippen LogP contribution in [-0.2, 0) is 16.6 Å². The van der Waals surface area contributed by atoms with E-state index in [1.54, 1.807) is 13.2 Å². The molecule has 7 rings (SSSR count). The summed E-state index contributed by atoms with van der Waals surface area (Å²) in [6.07, 6.45) is 11.9. The molecule has 3 aromatic rings. The summed E-state index contributed by atoms with van der Waals surface area (Å²) >= 11 is 3.43. The van der Waals surface area contributed by atoms with E-state index in [0.29, 0.717) is 40.3 Å². The number of halogens is 1. The first-order valence-electron chi connectivity index (χ1n) is 17.9. The van der Waals surface area contributed by atoms with E-state index in [0.717, 1.165) is 87.9 Å². The first-order valence-corrected chi connectivity index (χ1v) is 18.7. The fourth-order valence-corrected chi connectivity index (χ4v) is 9.14. The van der Waals surface area contributed by atoms with Gasteiger partial charge >= 0.3 is 0 Å². The van der Waals surface area contributed by atoms with E-state index in [1.165, 1.54) is 10.2 Å². The van der Waals surface area contributed by atoms with Crippen LogP contribution >= 0.6 is 15.9 Å². The molecule has 50 heavy (non-hydrogen) atoms. The van der Waals surface area contributed by atoms with Crippen LogP contribution in [0.15, 0.2) is 58.1 Å². The van der Waals surface area contributed by atoms with E-state index in [4.69, 9.17) is 4.98 Å². The van der Waals surface area contributed by atoms with Gasteiger partial charge in [0.05, 0.1) is 17.8 Å². The molecule has 11 nitrogen and oxygen atoms in total. The fourth-order valence-electron chi connectivity index (χ4n) is 8.66. The number of pyridine rings is 1. The van der Waals surface area contributed by atoms with Gasteiger partial charge in [0.2, 0.25) is 11.8 Å². The van der Waals surface area contributed by atoms with Crippen LogP contribution in [0.3, 0.4) is 0 Å². The van der Waals surface area contributed by atoms with Crippen molar-refractivity contribution in [3.05, 3.63) is 86.0 Å². The smallest absolute Gasteiger partial charge is 0.282 e. The summed E-state index contributed by atoms with van der Waals surface area (Å²) in [6, 6.07) is 12.4. The van der Waals surface area contributed by atoms with Crippen LogP contribution in [-0.4, -0.2) is 81.6 Å². The van der Waals surface area contributed by atoms with Gasteiger partial charge < -0.3 is 15.1 Å². The fraction of sp³-hybridized carbons (Fsp3) is 0.526. The summed E-state index contributed by atoms with van der Waals surface area (Å²) in [5.74, 6) is 0.108. The molecule has 264 valence electrons. The Morgan fingerprint density at radius 2 is 1.62 bits per heavy atom. The van der Waals surface area contributed by atoms with Crippen LogP contribution in [0.5, 0.6) is 0 Å². The molecule has 5 heterocycles. The standard InChI is InChI=1S/C38H46BrN7O4/c1-44-22-28(19-29(23-44)42-32-21-41-45(2)37(50)34(32)39)24-3-5-26(6-4-24)36(49)46-17-15-38(16-18-46)13-11-25(12-14-38)31-9-7-27(20-40-31)30-8-10-33(47)43-35(30)48/h3-7,9,20-21,25,28-30,42H,8,10-19,22-23H2,1-2H3,(H,43,47,48)/t28-,29+,30?/m0/s1. The van der Waals surface area contributed by atoms with Crippen molar-refractivity contribution in [3.63, 3.8) is 0 Å². The molecule has 4 fully saturated rings. The topological polar surface area (TPSA) is 130 Å². The Labute approximate surface area is 301 Å². The summed E-state index contributed by atoms with van der Waals surface area (Å²) in [7, 11) is 3.75. The minimum Gasteiger partial charge on any atom is -0.379 e. The van der Waals surface area contributed by atoms with Crippen molar-refractivity contribution in [2.75, 3.05) is 38.5 Å². The molecular weight excluding hydrogens is 698 g/mol. The number of nitrogens with one attached hydrogen (secondary N) is 2. The number of carbonyl (C=O) groups excluding carboxylic acids is 3. The molecule has 1 unspecified atom stereocenters. The average molecular weight is 745 g/mol. The second-order valence-electron chi connectivity index (χ2n) is 15.0. The van der Waals surface area contributed by atoms with Gasteiger partial charge in [-0.1, -0.05) is 18.2 Å². The van der Waals surface area contributed by atoms with Crippen LogP contribution in [0.2, 0.25) is 0 Å². The summed E-state index contributed by atoms with van der Waals surface area (Å²) in [5.41, 5.74) is 4.76. The lowest BCUT2D eigenvalue weighted by atomic mass is 9.65.